The van der Waals surface area contributed by atoms with Crippen LogP contribution in [0.15, 0.2) is 18.3 Å². The van der Waals surface area contributed by atoms with Crippen molar-refractivity contribution in [1.82, 2.24) is 15.2 Å². The maximum Gasteiger partial charge on any atom is 0.222 e. The van der Waals surface area contributed by atoms with Crippen molar-refractivity contribution in [3.8, 4) is 5.88 Å². The average molecular weight is 361 g/mol. The predicted molar refractivity (Wildman–Crippen MR) is 100 cm³/mol. The van der Waals surface area contributed by atoms with E-state index in [0.717, 1.165) is 44.7 Å². The normalized spacial score (nSPS) is 20.3. The lowest BCUT2D eigenvalue weighted by Crippen LogP contribution is -2.53. The zero-order chi connectivity index (χ0) is 18.4. The van der Waals surface area contributed by atoms with E-state index < -0.39 is 0 Å². The number of hydrogen-bond donors (Lipinski definition) is 1. The maximum absolute atomic E-state index is 12.6. The van der Waals surface area contributed by atoms with Crippen LogP contribution in [0.1, 0.15) is 51.5 Å². The smallest absolute Gasteiger partial charge is 0.222 e. The van der Waals surface area contributed by atoms with Crippen molar-refractivity contribution in [2.45, 2.75) is 64.1 Å². The molecule has 0 radical (unpaired) electrons. The van der Waals surface area contributed by atoms with Crippen molar-refractivity contribution in [2.75, 3.05) is 26.3 Å². The molecule has 2 heterocycles. The molecule has 144 valence electrons. The van der Waals surface area contributed by atoms with Crippen molar-refractivity contribution in [3.05, 3.63) is 23.9 Å². The molecule has 6 nitrogen and oxygen atoms in total. The van der Waals surface area contributed by atoms with Gasteiger partial charge in [-0.1, -0.05) is 18.9 Å². The standard InChI is InChI=1S/C20H31N3O3/c1-16(2)26-19-6-5-17(15-22-19)14-21-18(24)13-20(7-3-4-8-20)23-9-11-25-12-10-23/h5-6,15-16H,3-4,7-14H2,1-2H3,(H,21,24). The van der Waals surface area contributed by atoms with Gasteiger partial charge in [-0.15, -0.1) is 0 Å². The highest BCUT2D eigenvalue weighted by atomic mass is 16.5. The first kappa shape index (κ1) is 19.1. The molecule has 6 heteroatoms. The van der Waals surface area contributed by atoms with E-state index in [1.54, 1.807) is 6.20 Å². The van der Waals surface area contributed by atoms with E-state index in [9.17, 15) is 4.79 Å². The second-order valence-corrected chi connectivity index (χ2v) is 7.66. The molecule has 0 bridgehead atoms. The van der Waals surface area contributed by atoms with E-state index in [1.807, 2.05) is 26.0 Å². The van der Waals surface area contributed by atoms with Crippen LogP contribution in [0.2, 0.25) is 0 Å². The molecule has 1 amide bonds. The molecule has 2 aliphatic rings. The van der Waals surface area contributed by atoms with E-state index in [1.165, 1.54) is 12.8 Å². The fourth-order valence-electron chi connectivity index (χ4n) is 4.06. The summed E-state index contributed by atoms with van der Waals surface area (Å²) in [6, 6.07) is 3.81. The van der Waals surface area contributed by atoms with Gasteiger partial charge in [0, 0.05) is 43.9 Å². The summed E-state index contributed by atoms with van der Waals surface area (Å²) in [6.45, 7) is 7.89. The number of rotatable bonds is 7. The Hall–Kier alpha value is -1.66. The minimum absolute atomic E-state index is 0.0288. The van der Waals surface area contributed by atoms with Crippen LogP contribution in [0.4, 0.5) is 0 Å². The van der Waals surface area contributed by atoms with Gasteiger partial charge in [-0.2, -0.15) is 0 Å². The number of aromatic nitrogens is 1. The number of pyridine rings is 1. The van der Waals surface area contributed by atoms with Crippen LogP contribution in [0.3, 0.4) is 0 Å². The molecule has 1 aromatic heterocycles. The van der Waals surface area contributed by atoms with Gasteiger partial charge < -0.3 is 14.8 Å². The largest absolute Gasteiger partial charge is 0.475 e. The molecule has 26 heavy (non-hydrogen) atoms. The number of nitrogens with zero attached hydrogens (tertiary/aromatic N) is 2. The summed E-state index contributed by atoms with van der Waals surface area (Å²) in [5.41, 5.74) is 1.02. The van der Waals surface area contributed by atoms with Crippen molar-refractivity contribution < 1.29 is 14.3 Å². The third-order valence-corrected chi connectivity index (χ3v) is 5.35. The molecular formula is C20H31N3O3. The first-order chi connectivity index (χ1) is 12.6. The highest BCUT2D eigenvalue weighted by Crippen LogP contribution is 2.38. The quantitative estimate of drug-likeness (QED) is 0.808. The Morgan fingerprint density at radius 3 is 2.65 bits per heavy atom. The van der Waals surface area contributed by atoms with Crippen molar-refractivity contribution in [3.63, 3.8) is 0 Å². The lowest BCUT2D eigenvalue weighted by molar-refractivity contribution is -0.125. The molecule has 0 atom stereocenters. The third-order valence-electron chi connectivity index (χ3n) is 5.35. The van der Waals surface area contributed by atoms with E-state index in [-0.39, 0.29) is 17.6 Å². The van der Waals surface area contributed by atoms with Crippen LogP contribution in [-0.4, -0.2) is 53.7 Å². The molecule has 1 aromatic rings. The van der Waals surface area contributed by atoms with Crippen LogP contribution in [-0.2, 0) is 16.1 Å². The fourth-order valence-corrected chi connectivity index (χ4v) is 4.06. The number of ether oxygens (including phenoxy) is 2. The highest BCUT2D eigenvalue weighted by Gasteiger charge is 2.41. The second-order valence-electron chi connectivity index (χ2n) is 7.66. The van der Waals surface area contributed by atoms with Crippen molar-refractivity contribution in [1.29, 1.82) is 0 Å². The fraction of sp³-hybridized carbons (Fsp3) is 0.700. The third kappa shape index (κ3) is 4.95. The van der Waals surface area contributed by atoms with Crippen molar-refractivity contribution >= 4 is 5.91 Å². The highest BCUT2D eigenvalue weighted by molar-refractivity contribution is 5.77. The summed E-state index contributed by atoms with van der Waals surface area (Å²) < 4.78 is 11.0. The lowest BCUT2D eigenvalue weighted by Gasteiger charge is -2.43. The average Bonchev–Trinajstić information content (AvgIpc) is 3.11. The first-order valence-electron chi connectivity index (χ1n) is 9.78. The molecule has 1 aliphatic heterocycles. The molecule has 3 rings (SSSR count). The Kier molecular flexibility index (Phi) is 6.48. The van der Waals surface area contributed by atoms with E-state index >= 15 is 0 Å². The summed E-state index contributed by atoms with van der Waals surface area (Å²) in [5, 5.41) is 3.07. The van der Waals surface area contributed by atoms with Gasteiger partial charge in [-0.25, -0.2) is 4.98 Å². The van der Waals surface area contributed by atoms with Crippen LogP contribution >= 0.6 is 0 Å². The molecule has 2 fully saturated rings. The van der Waals surface area contributed by atoms with Gasteiger partial charge in [0.05, 0.1) is 19.3 Å². The Bertz CT molecular complexity index is 576. The van der Waals surface area contributed by atoms with Gasteiger partial charge in [0.15, 0.2) is 0 Å². The predicted octanol–water partition coefficient (Wildman–Crippen LogP) is 2.52. The topological polar surface area (TPSA) is 63.7 Å². The SMILES string of the molecule is CC(C)Oc1ccc(CNC(=O)CC2(N3CCOCC3)CCCC2)cn1. The Labute approximate surface area is 156 Å². The van der Waals surface area contributed by atoms with Gasteiger partial charge in [0.2, 0.25) is 11.8 Å². The molecule has 0 aromatic carbocycles. The number of morpholine rings is 1. The van der Waals surface area contributed by atoms with Crippen LogP contribution in [0.25, 0.3) is 0 Å². The number of carbonyl (C=O) groups excluding carboxylic acids is 1. The minimum atomic E-state index is 0.0288. The van der Waals surface area contributed by atoms with E-state index in [2.05, 4.69) is 15.2 Å². The first-order valence-corrected chi connectivity index (χ1v) is 9.78. The molecule has 1 saturated heterocycles. The van der Waals surface area contributed by atoms with E-state index in [0.29, 0.717) is 18.8 Å². The molecule has 1 saturated carbocycles. The molecule has 1 N–H and O–H groups in total. The number of carbonyl (C=O) groups is 1. The van der Waals surface area contributed by atoms with Crippen LogP contribution in [0.5, 0.6) is 5.88 Å². The number of nitrogens with one attached hydrogen (secondary N) is 1. The second kappa shape index (κ2) is 8.82. The van der Waals surface area contributed by atoms with Gasteiger partial charge in [0.25, 0.3) is 0 Å². The van der Waals surface area contributed by atoms with Gasteiger partial charge in [-0.3, -0.25) is 9.69 Å². The monoisotopic (exact) mass is 361 g/mol. The Morgan fingerprint density at radius 1 is 1.31 bits per heavy atom. The zero-order valence-corrected chi connectivity index (χ0v) is 16.0. The Balaban J connectivity index is 1.52. The summed E-state index contributed by atoms with van der Waals surface area (Å²) in [4.78, 5) is 19.4. The minimum Gasteiger partial charge on any atom is -0.475 e. The molecule has 1 aliphatic carbocycles. The number of hydrogen-bond acceptors (Lipinski definition) is 5. The molecule has 0 unspecified atom stereocenters. The van der Waals surface area contributed by atoms with Crippen LogP contribution in [0, 0.1) is 0 Å². The summed E-state index contributed by atoms with van der Waals surface area (Å²) in [7, 11) is 0. The van der Waals surface area contributed by atoms with Crippen LogP contribution < -0.4 is 10.1 Å². The number of amides is 1. The Morgan fingerprint density at radius 2 is 2.04 bits per heavy atom. The maximum atomic E-state index is 12.6. The van der Waals surface area contributed by atoms with Gasteiger partial charge >= 0.3 is 0 Å². The summed E-state index contributed by atoms with van der Waals surface area (Å²) in [5.74, 6) is 0.744. The van der Waals surface area contributed by atoms with Gasteiger partial charge in [-0.05, 0) is 32.3 Å². The van der Waals surface area contributed by atoms with E-state index in [4.69, 9.17) is 9.47 Å². The molecular weight excluding hydrogens is 330 g/mol. The summed E-state index contributed by atoms with van der Waals surface area (Å²) >= 11 is 0. The van der Waals surface area contributed by atoms with Gasteiger partial charge in [0.1, 0.15) is 0 Å². The molecule has 0 spiro atoms. The lowest BCUT2D eigenvalue weighted by atomic mass is 9.90. The zero-order valence-electron chi connectivity index (χ0n) is 16.0. The summed E-state index contributed by atoms with van der Waals surface area (Å²) in [6.07, 6.45) is 7.11. The van der Waals surface area contributed by atoms with Crippen molar-refractivity contribution in [2.24, 2.45) is 0 Å².